The van der Waals surface area contributed by atoms with Gasteiger partial charge in [-0.05, 0) is 112 Å². The Morgan fingerprint density at radius 2 is 1.18 bits per heavy atom. The molecule has 442 valence electrons. The third-order valence-corrected chi connectivity index (χ3v) is 18.3. The summed E-state index contributed by atoms with van der Waals surface area (Å²) < 4.78 is 210. The van der Waals surface area contributed by atoms with Crippen LogP contribution in [0.4, 0.5) is 11.4 Å². The van der Waals surface area contributed by atoms with Crippen molar-refractivity contribution >= 4 is 95.2 Å². The number of carboxylic acid groups (broad SMARTS) is 1. The van der Waals surface area contributed by atoms with Gasteiger partial charge < -0.3 is 38.2 Å². The highest BCUT2D eigenvalue weighted by Crippen LogP contribution is 2.54. The molecule has 0 saturated heterocycles. The van der Waals surface area contributed by atoms with Crippen LogP contribution in [-0.4, -0.2) is 172 Å². The van der Waals surface area contributed by atoms with Crippen LogP contribution in [-0.2, 0) is 89.9 Å². The van der Waals surface area contributed by atoms with Crippen LogP contribution in [0, 0.1) is 0 Å². The molecular formula is C51H66N2O22S5. The highest BCUT2D eigenvalue weighted by Gasteiger charge is 2.50. The number of hydrogen-bond donors (Lipinski definition) is 5. The van der Waals surface area contributed by atoms with E-state index in [1.807, 2.05) is 9.48 Å². The topological polar surface area (TPSA) is 364 Å². The number of anilines is 1. The molecule has 0 amide bonds. The van der Waals surface area contributed by atoms with E-state index in [-0.39, 0.29) is 93.4 Å². The SMILES string of the molecule is CCN1C(=CC=CC2=[N+](CCCCCC(=O)O)c3ccc4c(S(=O)(=O)[O-])cc(S(=O)(=O)O)cc4c3C2(C)CCOCCOCCOCCOCCOC)C(C)(CCCS(=O)(=O)O)c2c1ccc1c(S(=O)(=O)O)cc(S(=O)(=O)O)cc21. The van der Waals surface area contributed by atoms with Crippen molar-refractivity contribution < 1.29 is 103 Å². The molecule has 29 heteroatoms. The summed E-state index contributed by atoms with van der Waals surface area (Å²) in [5, 5.41) is 9.09. The van der Waals surface area contributed by atoms with Gasteiger partial charge in [-0.25, -0.2) is 8.42 Å². The normalized spacial score (nSPS) is 18.6. The number of carbonyl (C=O) groups is 1. The third kappa shape index (κ3) is 15.2. The Labute approximate surface area is 465 Å². The van der Waals surface area contributed by atoms with Crippen LogP contribution in [0.2, 0.25) is 0 Å². The zero-order valence-electron chi connectivity index (χ0n) is 44.4. The van der Waals surface area contributed by atoms with Gasteiger partial charge in [0.25, 0.3) is 40.5 Å². The van der Waals surface area contributed by atoms with E-state index in [1.54, 1.807) is 58.2 Å². The zero-order valence-corrected chi connectivity index (χ0v) is 48.5. The van der Waals surface area contributed by atoms with Crippen LogP contribution in [0.5, 0.6) is 0 Å². The molecule has 6 rings (SSSR count). The molecule has 0 fully saturated rings. The molecule has 4 aromatic rings. The largest absolute Gasteiger partial charge is 0.744 e. The third-order valence-electron chi connectivity index (χ3n) is 14.1. The molecule has 0 aliphatic carbocycles. The fourth-order valence-electron chi connectivity index (χ4n) is 10.5. The molecule has 24 nitrogen and oxygen atoms in total. The number of benzene rings is 4. The van der Waals surface area contributed by atoms with Crippen molar-refractivity contribution in [3.63, 3.8) is 0 Å². The summed E-state index contributed by atoms with van der Waals surface area (Å²) in [6.07, 6.45) is 5.94. The van der Waals surface area contributed by atoms with Crippen molar-refractivity contribution in [1.82, 2.24) is 0 Å². The van der Waals surface area contributed by atoms with Gasteiger partial charge in [0, 0.05) is 78.4 Å². The first kappa shape index (κ1) is 64.3. The molecule has 2 aliphatic rings. The highest BCUT2D eigenvalue weighted by molar-refractivity contribution is 7.87. The lowest BCUT2D eigenvalue weighted by atomic mass is 9.74. The fourth-order valence-corrected chi connectivity index (χ4v) is 13.7. The van der Waals surface area contributed by atoms with Crippen LogP contribution in [0.15, 0.2) is 92.0 Å². The molecule has 2 unspecified atom stereocenters. The maximum Gasteiger partial charge on any atom is 0.303 e. The second-order valence-corrected chi connectivity index (χ2v) is 26.6. The molecule has 0 aromatic heterocycles. The predicted octanol–water partition coefficient (Wildman–Crippen LogP) is 5.65. The van der Waals surface area contributed by atoms with Crippen LogP contribution in [0.25, 0.3) is 21.5 Å². The number of unbranched alkanes of at least 4 members (excludes halogenated alkanes) is 2. The average Bonchev–Trinajstić information content (AvgIpc) is 3.74. The van der Waals surface area contributed by atoms with Gasteiger partial charge in [-0.1, -0.05) is 12.1 Å². The Balaban J connectivity index is 1.52. The maximum absolute atomic E-state index is 12.9. The molecule has 80 heavy (non-hydrogen) atoms. The van der Waals surface area contributed by atoms with E-state index in [2.05, 4.69) is 0 Å². The summed E-state index contributed by atoms with van der Waals surface area (Å²) in [5.41, 5.74) is -0.173. The van der Waals surface area contributed by atoms with Gasteiger partial charge >= 0.3 is 5.97 Å². The van der Waals surface area contributed by atoms with Gasteiger partial charge in [-0.3, -0.25) is 23.0 Å². The van der Waals surface area contributed by atoms with Gasteiger partial charge in [-0.2, -0.15) is 38.2 Å². The van der Waals surface area contributed by atoms with Crippen molar-refractivity contribution in [2.24, 2.45) is 0 Å². The lowest BCUT2D eigenvalue weighted by Crippen LogP contribution is -2.33. The number of methoxy groups -OCH3 is 1. The summed E-state index contributed by atoms with van der Waals surface area (Å²) in [5.74, 6) is -1.71. The summed E-state index contributed by atoms with van der Waals surface area (Å²) in [7, 11) is -23.7. The summed E-state index contributed by atoms with van der Waals surface area (Å²) >= 11 is 0. The second-order valence-electron chi connectivity index (χ2n) is 19.5. The number of aliphatic carboxylic acids is 1. The van der Waals surface area contributed by atoms with Crippen molar-refractivity contribution in [3.05, 3.63) is 83.6 Å². The minimum atomic E-state index is -5.39. The Hall–Kier alpha value is -4.83. The van der Waals surface area contributed by atoms with Crippen LogP contribution >= 0.6 is 0 Å². The van der Waals surface area contributed by atoms with Crippen LogP contribution in [0.1, 0.15) is 76.8 Å². The second kappa shape index (κ2) is 26.2. The van der Waals surface area contributed by atoms with Gasteiger partial charge in [0.05, 0.1) is 78.7 Å². The minimum Gasteiger partial charge on any atom is -0.744 e. The number of carboxylic acids is 1. The van der Waals surface area contributed by atoms with Gasteiger partial charge in [0.1, 0.15) is 21.6 Å². The molecular weight excluding hydrogens is 1150 g/mol. The number of nitrogens with zero attached hydrogens (tertiary/aromatic N) is 2. The van der Waals surface area contributed by atoms with E-state index >= 15 is 0 Å². The molecule has 0 radical (unpaired) electrons. The van der Waals surface area contributed by atoms with E-state index in [9.17, 15) is 74.8 Å². The number of allylic oxidation sites excluding steroid dienone is 4. The smallest absolute Gasteiger partial charge is 0.303 e. The Morgan fingerprint density at radius 3 is 1.70 bits per heavy atom. The number of rotatable bonds is 32. The molecule has 2 atom stereocenters. The molecule has 4 aromatic carbocycles. The van der Waals surface area contributed by atoms with E-state index < -0.39 is 92.7 Å². The van der Waals surface area contributed by atoms with E-state index in [0.29, 0.717) is 91.7 Å². The predicted molar refractivity (Wildman–Crippen MR) is 292 cm³/mol. The molecule has 0 spiro atoms. The molecule has 5 N–H and O–H groups in total. The summed E-state index contributed by atoms with van der Waals surface area (Å²) in [4.78, 5) is 9.82. The van der Waals surface area contributed by atoms with Crippen molar-refractivity contribution in [1.29, 1.82) is 0 Å². The number of ether oxygens (including phenoxy) is 5. The van der Waals surface area contributed by atoms with E-state index in [1.165, 1.54) is 12.1 Å². The van der Waals surface area contributed by atoms with Gasteiger partial charge in [0.2, 0.25) is 5.69 Å². The lowest BCUT2D eigenvalue weighted by molar-refractivity contribution is -0.438. The Morgan fingerprint density at radius 1 is 0.637 bits per heavy atom. The van der Waals surface area contributed by atoms with Crippen molar-refractivity contribution in [2.75, 3.05) is 90.3 Å². The molecule has 0 bridgehead atoms. The molecule has 2 heterocycles. The zero-order chi connectivity index (χ0) is 59.1. The fraction of sp³-hybridized carbons (Fsp3) is 0.490. The quantitative estimate of drug-likeness (QED) is 0.0224. The summed E-state index contributed by atoms with van der Waals surface area (Å²) in [6, 6.07) is 9.14. The Bertz CT molecular complexity index is 3660. The number of likely N-dealkylation sites (N-methyl/N-ethyl adjacent to an activating group) is 1. The van der Waals surface area contributed by atoms with Gasteiger partial charge in [0.15, 0.2) is 5.71 Å². The van der Waals surface area contributed by atoms with E-state index in [4.69, 9.17) is 23.7 Å². The van der Waals surface area contributed by atoms with Crippen molar-refractivity contribution in [3.8, 4) is 0 Å². The monoisotopic (exact) mass is 1220 g/mol. The maximum atomic E-state index is 12.9. The van der Waals surface area contributed by atoms with Crippen molar-refractivity contribution in [2.45, 2.75) is 96.1 Å². The van der Waals surface area contributed by atoms with Crippen LogP contribution < -0.4 is 4.90 Å². The van der Waals surface area contributed by atoms with Crippen LogP contribution in [0.3, 0.4) is 0 Å². The van der Waals surface area contributed by atoms with E-state index in [0.717, 1.165) is 12.1 Å². The first-order chi connectivity index (χ1) is 37.4. The Kier molecular flexibility index (Phi) is 21.1. The standard InChI is InChI=1S/C51H66N2O22S5/c1-5-52-41-16-14-37-39(31-35(77(59,60)61)33-43(37)79(65,66)67)48(41)50(2,18-10-30-76(56,57)58)45(52)11-9-12-46-51(3,19-21-72-24-25-74-28-29-75-27-26-73-23-22-71-4)49-40-32-36(78(62,63)64)34-44(80(68,69)70)38(40)15-17-42(49)53(46)20-8-6-7-13-47(54)55/h9,11-12,14-17,31-34H,5-8,10,13,18-30H2,1-4H3,(H5-,54,55,56,57,58,59,60,61,62,63,64,65,66,67,68,69,70). The first-order valence-electron chi connectivity index (χ1n) is 25.3. The lowest BCUT2D eigenvalue weighted by Gasteiger charge is -2.30. The molecule has 0 saturated carbocycles. The van der Waals surface area contributed by atoms with Gasteiger partial charge in [-0.15, -0.1) is 0 Å². The molecule has 2 aliphatic heterocycles. The number of hydrogen-bond acceptors (Lipinski definition) is 18. The first-order valence-corrected chi connectivity index (χ1v) is 32.6. The summed E-state index contributed by atoms with van der Waals surface area (Å²) in [6.45, 7) is 8.07. The minimum absolute atomic E-state index is 0.00479. The number of fused-ring (bicyclic) bond motifs is 6. The highest BCUT2D eigenvalue weighted by atomic mass is 32.2. The average molecular weight is 1220 g/mol.